The molecule has 0 saturated carbocycles. The first-order valence-electron chi connectivity index (χ1n) is 7.16. The molecule has 0 spiro atoms. The highest BCUT2D eigenvalue weighted by Gasteiger charge is 2.33. The molecule has 6 nitrogen and oxygen atoms in total. The van der Waals surface area contributed by atoms with Crippen LogP contribution in [0.25, 0.3) is 0 Å². The minimum Gasteiger partial charge on any atom is -0.335 e. The Morgan fingerprint density at radius 3 is 2.50 bits per heavy atom. The normalized spacial score (nSPS) is 11.3. The van der Waals surface area contributed by atoms with E-state index in [4.69, 9.17) is 23.2 Å². The third-order valence-corrected chi connectivity index (χ3v) is 3.98. The van der Waals surface area contributed by atoms with Gasteiger partial charge in [-0.05, 0) is 24.3 Å². The first-order valence-corrected chi connectivity index (χ1v) is 7.91. The predicted octanol–water partition coefficient (Wildman–Crippen LogP) is 3.31. The standard InChI is InChI=1S/C15H13Cl2F3N4O2/c1-23(7-13(25)21-9-2-3-10(16)11(17)6-9)14(26)8-24-5-4-12(22-24)15(18,19)20/h2-6H,7-8H2,1H3,(H,21,25). The van der Waals surface area contributed by atoms with E-state index >= 15 is 0 Å². The topological polar surface area (TPSA) is 67.2 Å². The van der Waals surface area contributed by atoms with E-state index in [9.17, 15) is 22.8 Å². The third kappa shape index (κ3) is 5.37. The van der Waals surface area contributed by atoms with Gasteiger partial charge in [-0.3, -0.25) is 14.3 Å². The number of anilines is 1. The fraction of sp³-hybridized carbons (Fsp3) is 0.267. The number of nitrogens with one attached hydrogen (secondary N) is 1. The number of carbonyl (C=O) groups excluding carboxylic acids is 2. The van der Waals surface area contributed by atoms with Crippen molar-refractivity contribution in [2.75, 3.05) is 18.9 Å². The van der Waals surface area contributed by atoms with Crippen molar-refractivity contribution in [2.45, 2.75) is 12.7 Å². The van der Waals surface area contributed by atoms with E-state index < -0.39 is 30.2 Å². The Kier molecular flexibility index (Phi) is 6.14. The summed E-state index contributed by atoms with van der Waals surface area (Å²) in [5.74, 6) is -1.08. The molecule has 11 heteroatoms. The highest BCUT2D eigenvalue weighted by Crippen LogP contribution is 2.27. The van der Waals surface area contributed by atoms with Crippen molar-refractivity contribution in [2.24, 2.45) is 0 Å². The molecule has 0 aliphatic carbocycles. The largest absolute Gasteiger partial charge is 0.435 e. The highest BCUT2D eigenvalue weighted by molar-refractivity contribution is 6.42. The SMILES string of the molecule is CN(CC(=O)Nc1ccc(Cl)c(Cl)c1)C(=O)Cn1ccc(C(F)(F)F)n1. The van der Waals surface area contributed by atoms with Crippen LogP contribution in [0.5, 0.6) is 0 Å². The lowest BCUT2D eigenvalue weighted by atomic mass is 10.3. The van der Waals surface area contributed by atoms with Crippen molar-refractivity contribution in [3.8, 4) is 0 Å². The Morgan fingerprint density at radius 1 is 1.23 bits per heavy atom. The number of halogens is 5. The van der Waals surface area contributed by atoms with Gasteiger partial charge in [0, 0.05) is 18.9 Å². The number of nitrogens with zero attached hydrogens (tertiary/aromatic N) is 3. The van der Waals surface area contributed by atoms with Crippen molar-refractivity contribution in [1.29, 1.82) is 0 Å². The summed E-state index contributed by atoms with van der Waals surface area (Å²) in [6.07, 6.45) is -3.54. The molecule has 1 heterocycles. The zero-order chi connectivity index (χ0) is 19.5. The van der Waals surface area contributed by atoms with Crippen molar-refractivity contribution >= 4 is 40.7 Å². The van der Waals surface area contributed by atoms with Crippen molar-refractivity contribution in [3.05, 3.63) is 46.2 Å². The molecule has 1 aromatic carbocycles. The summed E-state index contributed by atoms with van der Waals surface area (Å²) in [7, 11) is 1.35. The lowest BCUT2D eigenvalue weighted by Gasteiger charge is -2.17. The zero-order valence-corrected chi connectivity index (χ0v) is 14.9. The van der Waals surface area contributed by atoms with Gasteiger partial charge in [0.2, 0.25) is 11.8 Å². The Hall–Kier alpha value is -2.26. The number of benzene rings is 1. The number of rotatable bonds is 5. The molecule has 0 aliphatic rings. The molecular formula is C15H13Cl2F3N4O2. The number of amides is 2. The molecule has 0 bridgehead atoms. The van der Waals surface area contributed by atoms with Gasteiger partial charge >= 0.3 is 6.18 Å². The van der Waals surface area contributed by atoms with Crippen molar-refractivity contribution < 1.29 is 22.8 Å². The minimum atomic E-state index is -4.58. The van der Waals surface area contributed by atoms with Crippen LogP contribution in [-0.2, 0) is 22.3 Å². The van der Waals surface area contributed by atoms with E-state index in [1.54, 1.807) is 0 Å². The maximum atomic E-state index is 12.5. The van der Waals surface area contributed by atoms with Gasteiger partial charge in [0.15, 0.2) is 5.69 Å². The molecule has 0 unspecified atom stereocenters. The summed E-state index contributed by atoms with van der Waals surface area (Å²) in [5.41, 5.74) is -0.697. The van der Waals surface area contributed by atoms with Gasteiger partial charge in [0.1, 0.15) is 6.54 Å². The van der Waals surface area contributed by atoms with Gasteiger partial charge in [0.05, 0.1) is 16.6 Å². The van der Waals surface area contributed by atoms with E-state index in [1.165, 1.54) is 25.2 Å². The van der Waals surface area contributed by atoms with Crippen LogP contribution in [0.15, 0.2) is 30.5 Å². The second kappa shape index (κ2) is 7.96. The molecule has 0 radical (unpaired) electrons. The van der Waals surface area contributed by atoms with E-state index in [0.717, 1.165) is 21.8 Å². The van der Waals surface area contributed by atoms with Crippen LogP contribution in [-0.4, -0.2) is 40.1 Å². The maximum Gasteiger partial charge on any atom is 0.435 e. The summed E-state index contributed by atoms with van der Waals surface area (Å²) in [6.45, 7) is -0.723. The highest BCUT2D eigenvalue weighted by atomic mass is 35.5. The molecule has 1 N–H and O–H groups in total. The fourth-order valence-electron chi connectivity index (χ4n) is 1.94. The van der Waals surface area contributed by atoms with Crippen molar-refractivity contribution in [3.63, 3.8) is 0 Å². The molecule has 140 valence electrons. The fourth-order valence-corrected chi connectivity index (χ4v) is 2.24. The number of hydrogen-bond acceptors (Lipinski definition) is 3. The molecular weight excluding hydrogens is 396 g/mol. The quantitative estimate of drug-likeness (QED) is 0.824. The molecule has 0 atom stereocenters. The Bertz CT molecular complexity index is 823. The Morgan fingerprint density at radius 2 is 1.92 bits per heavy atom. The molecule has 2 aromatic rings. The van der Waals surface area contributed by atoms with Gasteiger partial charge < -0.3 is 10.2 Å². The second-order valence-electron chi connectivity index (χ2n) is 5.32. The Labute approximate surface area is 156 Å². The average Bonchev–Trinajstić information content (AvgIpc) is 2.99. The van der Waals surface area contributed by atoms with Gasteiger partial charge in [-0.1, -0.05) is 23.2 Å². The van der Waals surface area contributed by atoms with Crippen LogP contribution in [0.3, 0.4) is 0 Å². The van der Waals surface area contributed by atoms with E-state index in [2.05, 4.69) is 10.4 Å². The molecule has 1 aromatic heterocycles. The second-order valence-corrected chi connectivity index (χ2v) is 6.14. The van der Waals surface area contributed by atoms with Crippen LogP contribution < -0.4 is 5.32 Å². The monoisotopic (exact) mass is 408 g/mol. The van der Waals surface area contributed by atoms with Crippen LogP contribution in [0.1, 0.15) is 5.69 Å². The number of carbonyl (C=O) groups is 2. The smallest absolute Gasteiger partial charge is 0.335 e. The molecule has 26 heavy (non-hydrogen) atoms. The van der Waals surface area contributed by atoms with E-state index in [-0.39, 0.29) is 11.6 Å². The zero-order valence-electron chi connectivity index (χ0n) is 13.3. The lowest BCUT2D eigenvalue weighted by molar-refractivity contribution is -0.142. The van der Waals surface area contributed by atoms with Gasteiger partial charge in [-0.15, -0.1) is 0 Å². The number of alkyl halides is 3. The van der Waals surface area contributed by atoms with E-state index in [1.807, 2.05) is 0 Å². The summed E-state index contributed by atoms with van der Waals surface area (Å²) < 4.78 is 38.3. The first kappa shape index (κ1) is 20.1. The summed E-state index contributed by atoms with van der Waals surface area (Å²) in [6, 6.07) is 5.26. The predicted molar refractivity (Wildman–Crippen MR) is 90.0 cm³/mol. The van der Waals surface area contributed by atoms with Gasteiger partial charge in [-0.2, -0.15) is 18.3 Å². The molecule has 0 fully saturated rings. The number of hydrogen-bond donors (Lipinski definition) is 1. The summed E-state index contributed by atoms with van der Waals surface area (Å²) in [4.78, 5) is 25.1. The van der Waals surface area contributed by atoms with Gasteiger partial charge in [0.25, 0.3) is 0 Å². The van der Waals surface area contributed by atoms with Crippen LogP contribution in [0.4, 0.5) is 18.9 Å². The third-order valence-electron chi connectivity index (χ3n) is 3.24. The van der Waals surface area contributed by atoms with Crippen LogP contribution in [0, 0.1) is 0 Å². The summed E-state index contributed by atoms with van der Waals surface area (Å²) in [5, 5.41) is 6.41. The van der Waals surface area contributed by atoms with Crippen LogP contribution in [0.2, 0.25) is 10.0 Å². The van der Waals surface area contributed by atoms with Gasteiger partial charge in [-0.25, -0.2) is 0 Å². The minimum absolute atomic E-state index is 0.257. The van der Waals surface area contributed by atoms with E-state index in [0.29, 0.717) is 10.7 Å². The maximum absolute atomic E-state index is 12.5. The molecule has 0 aliphatic heterocycles. The lowest BCUT2D eigenvalue weighted by Crippen LogP contribution is -2.37. The van der Waals surface area contributed by atoms with Crippen LogP contribution >= 0.6 is 23.2 Å². The number of aromatic nitrogens is 2. The summed E-state index contributed by atoms with van der Waals surface area (Å²) >= 11 is 11.6. The van der Waals surface area contributed by atoms with Crippen molar-refractivity contribution in [1.82, 2.24) is 14.7 Å². The first-order chi connectivity index (χ1) is 12.1. The molecule has 0 saturated heterocycles. The average molecular weight is 409 g/mol. The molecule has 2 rings (SSSR count). The Balaban J connectivity index is 1.90. The number of likely N-dealkylation sites (N-methyl/N-ethyl adjacent to an activating group) is 1. The molecule has 2 amide bonds.